The van der Waals surface area contributed by atoms with Crippen LogP contribution in [0.1, 0.15) is 10.4 Å². The minimum Gasteiger partial charge on any atom is -0.478 e. The number of carbonyl (C=O) groups is 1. The Balaban J connectivity index is 2.80. The lowest BCUT2D eigenvalue weighted by molar-refractivity contribution is 0.0692. The first-order chi connectivity index (χ1) is 8.91. The summed E-state index contributed by atoms with van der Waals surface area (Å²) in [5.41, 5.74) is 0.673. The largest absolute Gasteiger partial charge is 0.478 e. The van der Waals surface area contributed by atoms with Gasteiger partial charge in [-0.05, 0) is 11.6 Å². The molecule has 0 aliphatic carbocycles. The van der Waals surface area contributed by atoms with Crippen molar-refractivity contribution in [3.05, 3.63) is 48.2 Å². The minimum atomic E-state index is -3.70. The molecule has 1 aromatic heterocycles. The van der Waals surface area contributed by atoms with E-state index in [1.807, 2.05) is 0 Å². The molecule has 0 bridgehead atoms. The molecule has 5 nitrogen and oxygen atoms in total. The third kappa shape index (κ3) is 2.63. The third-order valence-electron chi connectivity index (χ3n) is 2.57. The number of carboxylic acid groups (broad SMARTS) is 1. The summed E-state index contributed by atoms with van der Waals surface area (Å²) in [5.74, 6) is -1.31. The summed E-state index contributed by atoms with van der Waals surface area (Å²) in [6.45, 7) is 0. The number of hydrogen-bond acceptors (Lipinski definition) is 4. The molecule has 0 radical (unpaired) electrons. The summed E-state index contributed by atoms with van der Waals surface area (Å²) in [5, 5.41) is 8.85. The number of nitrogens with zero attached hydrogens (tertiary/aromatic N) is 1. The number of benzene rings is 1. The summed E-state index contributed by atoms with van der Waals surface area (Å²) < 4.78 is 23.2. The maximum Gasteiger partial charge on any atom is 0.339 e. The Morgan fingerprint density at radius 1 is 1.16 bits per heavy atom. The van der Waals surface area contributed by atoms with Gasteiger partial charge in [-0.1, -0.05) is 30.3 Å². The zero-order chi connectivity index (χ0) is 14.0. The molecule has 0 atom stereocenters. The van der Waals surface area contributed by atoms with E-state index in [-0.39, 0.29) is 5.56 Å². The van der Waals surface area contributed by atoms with Crippen molar-refractivity contribution in [2.45, 2.75) is 5.03 Å². The van der Waals surface area contributed by atoms with Crippen molar-refractivity contribution in [3.63, 3.8) is 0 Å². The van der Waals surface area contributed by atoms with Gasteiger partial charge in [0.15, 0.2) is 14.9 Å². The van der Waals surface area contributed by atoms with E-state index < -0.39 is 20.8 Å². The molecule has 0 aliphatic rings. The fourth-order valence-corrected chi connectivity index (χ4v) is 2.61. The number of aromatic carboxylic acids is 1. The van der Waals surface area contributed by atoms with E-state index in [1.165, 1.54) is 12.3 Å². The molecular weight excluding hydrogens is 266 g/mol. The molecular formula is C13H11NO4S. The van der Waals surface area contributed by atoms with Crippen LogP contribution in [-0.2, 0) is 9.84 Å². The topological polar surface area (TPSA) is 84.3 Å². The van der Waals surface area contributed by atoms with Gasteiger partial charge in [-0.2, -0.15) is 0 Å². The lowest BCUT2D eigenvalue weighted by Gasteiger charge is -2.09. The summed E-state index contributed by atoms with van der Waals surface area (Å²) in [7, 11) is -3.70. The molecule has 0 fully saturated rings. The van der Waals surface area contributed by atoms with Crippen LogP contribution in [0.4, 0.5) is 0 Å². The van der Waals surface area contributed by atoms with Crippen molar-refractivity contribution in [1.82, 2.24) is 4.98 Å². The number of aromatic nitrogens is 1. The van der Waals surface area contributed by atoms with Crippen LogP contribution in [0.3, 0.4) is 0 Å². The predicted molar refractivity (Wildman–Crippen MR) is 69.7 cm³/mol. The van der Waals surface area contributed by atoms with Gasteiger partial charge in [0, 0.05) is 18.0 Å². The second-order valence-electron chi connectivity index (χ2n) is 3.98. The zero-order valence-electron chi connectivity index (χ0n) is 10.1. The number of carboxylic acids is 1. The van der Waals surface area contributed by atoms with Crippen LogP contribution in [-0.4, -0.2) is 30.7 Å². The van der Waals surface area contributed by atoms with E-state index in [2.05, 4.69) is 4.98 Å². The van der Waals surface area contributed by atoms with E-state index in [9.17, 15) is 18.3 Å². The van der Waals surface area contributed by atoms with E-state index in [0.717, 1.165) is 6.26 Å². The second-order valence-corrected chi connectivity index (χ2v) is 5.91. The molecule has 0 spiro atoms. The monoisotopic (exact) mass is 277 g/mol. The van der Waals surface area contributed by atoms with Gasteiger partial charge in [0.05, 0.1) is 0 Å². The molecule has 1 N–H and O–H groups in total. The second kappa shape index (κ2) is 4.81. The molecule has 0 saturated carbocycles. The highest BCUT2D eigenvalue weighted by atomic mass is 32.2. The number of rotatable bonds is 3. The molecule has 2 rings (SSSR count). The van der Waals surface area contributed by atoms with Crippen molar-refractivity contribution in [2.75, 3.05) is 6.26 Å². The molecule has 98 valence electrons. The SMILES string of the molecule is CS(=O)(=O)c1nccc(-c2ccccc2)c1C(=O)O. The number of sulfone groups is 1. The van der Waals surface area contributed by atoms with Crippen LogP contribution in [0.15, 0.2) is 47.6 Å². The maximum absolute atomic E-state index is 11.6. The van der Waals surface area contributed by atoms with Gasteiger partial charge in [0.2, 0.25) is 0 Å². The normalized spacial score (nSPS) is 11.2. The van der Waals surface area contributed by atoms with Crippen LogP contribution in [0.5, 0.6) is 0 Å². The lowest BCUT2D eigenvalue weighted by Crippen LogP contribution is -2.11. The fraction of sp³-hybridized carbons (Fsp3) is 0.0769. The van der Waals surface area contributed by atoms with E-state index in [1.54, 1.807) is 30.3 Å². The maximum atomic E-state index is 11.6. The van der Waals surface area contributed by atoms with Gasteiger partial charge in [-0.15, -0.1) is 0 Å². The highest BCUT2D eigenvalue weighted by Crippen LogP contribution is 2.27. The first-order valence-corrected chi connectivity index (χ1v) is 7.28. The molecule has 6 heteroatoms. The zero-order valence-corrected chi connectivity index (χ0v) is 10.9. The van der Waals surface area contributed by atoms with Crippen LogP contribution >= 0.6 is 0 Å². The van der Waals surface area contributed by atoms with Gasteiger partial charge in [-0.3, -0.25) is 0 Å². The number of pyridine rings is 1. The standard InChI is InChI=1S/C13H11NO4S/c1-19(17,18)12-11(13(15)16)10(7-8-14-12)9-5-3-2-4-6-9/h2-8H,1H3,(H,15,16). The molecule has 19 heavy (non-hydrogen) atoms. The molecule has 1 heterocycles. The van der Waals surface area contributed by atoms with Crippen molar-refractivity contribution < 1.29 is 18.3 Å². The molecule has 1 aromatic carbocycles. The highest BCUT2D eigenvalue weighted by Gasteiger charge is 2.24. The van der Waals surface area contributed by atoms with Crippen LogP contribution in [0.25, 0.3) is 11.1 Å². The van der Waals surface area contributed by atoms with Crippen molar-refractivity contribution >= 4 is 15.8 Å². The van der Waals surface area contributed by atoms with Crippen LogP contribution < -0.4 is 0 Å². The summed E-state index contributed by atoms with van der Waals surface area (Å²) in [4.78, 5) is 15.0. The summed E-state index contributed by atoms with van der Waals surface area (Å²) >= 11 is 0. The van der Waals surface area contributed by atoms with E-state index in [4.69, 9.17) is 0 Å². The Labute approximate surface area is 110 Å². The van der Waals surface area contributed by atoms with Gasteiger partial charge < -0.3 is 5.11 Å². The third-order valence-corrected chi connectivity index (χ3v) is 3.58. The van der Waals surface area contributed by atoms with Crippen LogP contribution in [0, 0.1) is 0 Å². The minimum absolute atomic E-state index is 0.295. The summed E-state index contributed by atoms with van der Waals surface area (Å²) in [6, 6.07) is 10.2. The van der Waals surface area contributed by atoms with Gasteiger partial charge in [0.25, 0.3) is 0 Å². The average Bonchev–Trinajstić information content (AvgIpc) is 2.37. The van der Waals surface area contributed by atoms with Crippen molar-refractivity contribution in [2.24, 2.45) is 0 Å². The molecule has 0 aliphatic heterocycles. The van der Waals surface area contributed by atoms with E-state index in [0.29, 0.717) is 11.1 Å². The van der Waals surface area contributed by atoms with Gasteiger partial charge in [0.1, 0.15) is 5.56 Å². The van der Waals surface area contributed by atoms with Crippen LogP contribution in [0.2, 0.25) is 0 Å². The first-order valence-electron chi connectivity index (χ1n) is 5.39. The van der Waals surface area contributed by atoms with Crippen molar-refractivity contribution in [1.29, 1.82) is 0 Å². The highest BCUT2D eigenvalue weighted by molar-refractivity contribution is 7.90. The van der Waals surface area contributed by atoms with Crippen molar-refractivity contribution in [3.8, 4) is 11.1 Å². The average molecular weight is 277 g/mol. The molecule has 0 unspecified atom stereocenters. The number of hydrogen-bond donors (Lipinski definition) is 1. The smallest absolute Gasteiger partial charge is 0.339 e. The molecule has 0 saturated heterocycles. The Morgan fingerprint density at radius 2 is 1.79 bits per heavy atom. The van der Waals surface area contributed by atoms with E-state index >= 15 is 0 Å². The first kappa shape index (κ1) is 13.2. The Hall–Kier alpha value is -2.21. The lowest BCUT2D eigenvalue weighted by atomic mass is 10.0. The molecule has 2 aromatic rings. The predicted octanol–water partition coefficient (Wildman–Crippen LogP) is 1.85. The van der Waals surface area contributed by atoms with Gasteiger partial charge in [-0.25, -0.2) is 18.2 Å². The Morgan fingerprint density at radius 3 is 2.32 bits per heavy atom. The Bertz CT molecular complexity index is 724. The quantitative estimate of drug-likeness (QED) is 0.925. The van der Waals surface area contributed by atoms with Gasteiger partial charge >= 0.3 is 5.97 Å². The molecule has 0 amide bonds. The fourth-order valence-electron chi connectivity index (χ4n) is 1.79. The Kier molecular flexibility index (Phi) is 3.35. The summed E-state index contributed by atoms with van der Waals surface area (Å²) in [6.07, 6.45) is 2.24.